The lowest BCUT2D eigenvalue weighted by molar-refractivity contribution is 0.0938. The van der Waals surface area contributed by atoms with E-state index in [4.69, 9.17) is 9.15 Å². The first-order valence-corrected chi connectivity index (χ1v) is 8.61. The third-order valence-corrected chi connectivity index (χ3v) is 4.65. The number of ether oxygens (including phenoxy) is 1. The summed E-state index contributed by atoms with van der Waals surface area (Å²) >= 11 is 0. The van der Waals surface area contributed by atoms with Crippen molar-refractivity contribution in [2.24, 2.45) is 0 Å². The Balaban J connectivity index is 1.90. The van der Waals surface area contributed by atoms with Gasteiger partial charge in [0.2, 0.25) is 5.76 Å². The normalized spacial score (nSPS) is 15.8. The van der Waals surface area contributed by atoms with Crippen molar-refractivity contribution in [3.8, 4) is 5.75 Å². The van der Waals surface area contributed by atoms with Gasteiger partial charge in [-0.1, -0.05) is 18.2 Å². The van der Waals surface area contributed by atoms with E-state index >= 15 is 0 Å². The SMILES string of the molecule is CCOc1ccc(C2NC(=O)c3oc4c(C)cc(C)cc4c(=O)c32)cc1. The molecule has 5 nitrogen and oxygen atoms in total. The van der Waals surface area contributed by atoms with Crippen molar-refractivity contribution in [1.82, 2.24) is 5.32 Å². The molecule has 0 fully saturated rings. The molecule has 1 atom stereocenters. The minimum atomic E-state index is -0.519. The van der Waals surface area contributed by atoms with Crippen molar-refractivity contribution >= 4 is 16.9 Å². The van der Waals surface area contributed by atoms with Crippen molar-refractivity contribution in [1.29, 1.82) is 0 Å². The van der Waals surface area contributed by atoms with Crippen LogP contribution in [-0.2, 0) is 0 Å². The first kappa shape index (κ1) is 16.4. The smallest absolute Gasteiger partial charge is 0.288 e. The molecule has 1 aliphatic heterocycles. The molecule has 1 aromatic heterocycles. The second-order valence-corrected chi connectivity index (χ2v) is 6.54. The first-order chi connectivity index (χ1) is 12.5. The molecule has 132 valence electrons. The summed E-state index contributed by atoms with van der Waals surface area (Å²) in [4.78, 5) is 25.6. The predicted molar refractivity (Wildman–Crippen MR) is 98.9 cm³/mol. The van der Waals surface area contributed by atoms with E-state index in [0.29, 0.717) is 23.1 Å². The summed E-state index contributed by atoms with van der Waals surface area (Å²) in [6, 6.07) is 10.6. The Labute approximate surface area is 150 Å². The van der Waals surface area contributed by atoms with Gasteiger partial charge < -0.3 is 14.5 Å². The molecule has 1 unspecified atom stereocenters. The third kappa shape index (κ3) is 2.47. The lowest BCUT2D eigenvalue weighted by atomic mass is 9.98. The minimum Gasteiger partial charge on any atom is -0.494 e. The summed E-state index contributed by atoms with van der Waals surface area (Å²) in [5.41, 5.74) is 3.33. The van der Waals surface area contributed by atoms with Crippen LogP contribution in [0.25, 0.3) is 11.0 Å². The average Bonchev–Trinajstić information content (AvgIpc) is 2.94. The summed E-state index contributed by atoms with van der Waals surface area (Å²) in [6.07, 6.45) is 0. The van der Waals surface area contributed by atoms with Crippen molar-refractivity contribution < 1.29 is 13.9 Å². The number of aryl methyl sites for hydroxylation is 2. The van der Waals surface area contributed by atoms with Crippen LogP contribution in [0.2, 0.25) is 0 Å². The quantitative estimate of drug-likeness (QED) is 0.784. The van der Waals surface area contributed by atoms with Gasteiger partial charge in [-0.25, -0.2) is 0 Å². The monoisotopic (exact) mass is 349 g/mol. The maximum atomic E-state index is 13.1. The number of hydrogen-bond acceptors (Lipinski definition) is 4. The van der Waals surface area contributed by atoms with Crippen molar-refractivity contribution in [3.05, 3.63) is 74.6 Å². The van der Waals surface area contributed by atoms with Crippen LogP contribution in [0, 0.1) is 13.8 Å². The summed E-state index contributed by atoms with van der Waals surface area (Å²) in [5.74, 6) is 0.490. The van der Waals surface area contributed by atoms with E-state index in [2.05, 4.69) is 5.32 Å². The van der Waals surface area contributed by atoms with Crippen LogP contribution in [0.4, 0.5) is 0 Å². The zero-order chi connectivity index (χ0) is 18.4. The van der Waals surface area contributed by atoms with E-state index in [0.717, 1.165) is 22.4 Å². The van der Waals surface area contributed by atoms with Gasteiger partial charge in [0.05, 0.1) is 23.6 Å². The van der Waals surface area contributed by atoms with Gasteiger partial charge in [-0.15, -0.1) is 0 Å². The highest BCUT2D eigenvalue weighted by Crippen LogP contribution is 2.32. The van der Waals surface area contributed by atoms with E-state index in [9.17, 15) is 9.59 Å². The number of amides is 1. The van der Waals surface area contributed by atoms with Crippen LogP contribution in [0.5, 0.6) is 5.75 Å². The molecule has 0 bridgehead atoms. The van der Waals surface area contributed by atoms with Crippen molar-refractivity contribution in [2.75, 3.05) is 6.61 Å². The van der Waals surface area contributed by atoms with Crippen molar-refractivity contribution in [2.45, 2.75) is 26.8 Å². The Hall–Kier alpha value is -3.08. The molecule has 2 heterocycles. The Morgan fingerprint density at radius 1 is 1.12 bits per heavy atom. The van der Waals surface area contributed by atoms with Gasteiger partial charge in [0.1, 0.15) is 11.3 Å². The molecule has 2 aromatic carbocycles. The molecular formula is C21H19NO4. The van der Waals surface area contributed by atoms with Gasteiger partial charge in [0.15, 0.2) is 5.43 Å². The molecule has 5 heteroatoms. The molecule has 0 saturated carbocycles. The molecule has 1 amide bonds. The van der Waals surface area contributed by atoms with E-state index in [1.54, 1.807) is 0 Å². The molecule has 1 N–H and O–H groups in total. The third-order valence-electron chi connectivity index (χ3n) is 4.65. The molecule has 26 heavy (non-hydrogen) atoms. The van der Waals surface area contributed by atoms with Gasteiger partial charge in [0, 0.05) is 0 Å². The lowest BCUT2D eigenvalue weighted by Crippen LogP contribution is -2.21. The minimum absolute atomic E-state index is 0.105. The Bertz CT molecular complexity index is 1080. The second-order valence-electron chi connectivity index (χ2n) is 6.54. The van der Waals surface area contributed by atoms with E-state index in [1.165, 1.54) is 0 Å². The van der Waals surface area contributed by atoms with Gasteiger partial charge >= 0.3 is 0 Å². The summed E-state index contributed by atoms with van der Waals surface area (Å²) in [6.45, 7) is 6.31. The van der Waals surface area contributed by atoms with Crippen LogP contribution in [0.3, 0.4) is 0 Å². The van der Waals surface area contributed by atoms with Crippen LogP contribution < -0.4 is 15.5 Å². The topological polar surface area (TPSA) is 68.5 Å². The standard InChI is InChI=1S/C21H19NO4/c1-4-25-14-7-5-13(6-8-14)17-16-18(23)15-10-11(2)9-12(3)19(15)26-20(16)21(24)22-17/h5-10,17H,4H2,1-3H3,(H,22,24). The molecule has 0 radical (unpaired) electrons. The first-order valence-electron chi connectivity index (χ1n) is 8.61. The molecule has 0 spiro atoms. The number of benzene rings is 2. The number of hydrogen-bond donors (Lipinski definition) is 1. The molecular weight excluding hydrogens is 330 g/mol. The van der Waals surface area contributed by atoms with Crippen LogP contribution in [-0.4, -0.2) is 12.5 Å². The second kappa shape index (κ2) is 6.02. The summed E-state index contributed by atoms with van der Waals surface area (Å²) < 4.78 is 11.3. The molecule has 4 rings (SSSR count). The van der Waals surface area contributed by atoms with Gasteiger partial charge in [-0.05, 0) is 55.7 Å². The van der Waals surface area contributed by atoms with Gasteiger partial charge in [-0.3, -0.25) is 9.59 Å². The van der Waals surface area contributed by atoms with Crippen LogP contribution in [0.1, 0.15) is 45.8 Å². The van der Waals surface area contributed by atoms with E-state index in [1.807, 2.05) is 57.2 Å². The lowest BCUT2D eigenvalue weighted by Gasteiger charge is -2.13. The van der Waals surface area contributed by atoms with E-state index < -0.39 is 6.04 Å². The Morgan fingerprint density at radius 3 is 2.54 bits per heavy atom. The highest BCUT2D eigenvalue weighted by Gasteiger charge is 2.36. The Kier molecular flexibility index (Phi) is 3.80. The molecule has 3 aromatic rings. The van der Waals surface area contributed by atoms with Gasteiger partial charge in [0.25, 0.3) is 5.91 Å². The number of nitrogens with one attached hydrogen (secondary N) is 1. The summed E-state index contributed by atoms with van der Waals surface area (Å²) in [7, 11) is 0. The maximum Gasteiger partial charge on any atom is 0.288 e. The van der Waals surface area contributed by atoms with Crippen LogP contribution in [0.15, 0.2) is 45.6 Å². The number of carbonyl (C=O) groups excluding carboxylic acids is 1. The van der Waals surface area contributed by atoms with Gasteiger partial charge in [-0.2, -0.15) is 0 Å². The molecule has 0 aliphatic carbocycles. The van der Waals surface area contributed by atoms with Crippen LogP contribution >= 0.6 is 0 Å². The fraction of sp³-hybridized carbons (Fsp3) is 0.238. The number of rotatable bonds is 3. The fourth-order valence-electron chi connectivity index (χ4n) is 3.54. The van der Waals surface area contributed by atoms with E-state index in [-0.39, 0.29) is 17.1 Å². The highest BCUT2D eigenvalue weighted by atomic mass is 16.5. The zero-order valence-corrected chi connectivity index (χ0v) is 14.9. The fourth-order valence-corrected chi connectivity index (χ4v) is 3.54. The highest BCUT2D eigenvalue weighted by molar-refractivity contribution is 5.99. The molecule has 1 aliphatic rings. The number of carbonyl (C=O) groups is 1. The largest absolute Gasteiger partial charge is 0.494 e. The average molecular weight is 349 g/mol. The summed E-state index contributed by atoms with van der Waals surface area (Å²) in [5, 5.41) is 3.37. The predicted octanol–water partition coefficient (Wildman–Crippen LogP) is 3.64. The zero-order valence-electron chi connectivity index (χ0n) is 14.9. The number of fused-ring (bicyclic) bond motifs is 2. The Morgan fingerprint density at radius 2 is 1.85 bits per heavy atom. The maximum absolute atomic E-state index is 13.1. The molecule has 0 saturated heterocycles. The van der Waals surface area contributed by atoms with Crippen molar-refractivity contribution in [3.63, 3.8) is 0 Å².